The third-order valence-corrected chi connectivity index (χ3v) is 5.64. The van der Waals surface area contributed by atoms with E-state index in [4.69, 9.17) is 0 Å². The predicted molar refractivity (Wildman–Crippen MR) is 123 cm³/mol. The van der Waals surface area contributed by atoms with E-state index in [1.54, 1.807) is 30.6 Å². The first kappa shape index (κ1) is 23.1. The second kappa shape index (κ2) is 9.93. The molecule has 1 fully saturated rings. The number of rotatable bonds is 8. The van der Waals surface area contributed by atoms with Gasteiger partial charge in [-0.3, -0.25) is 18.9 Å². The molecule has 0 saturated heterocycles. The number of ether oxygens (including phenoxy) is 1. The van der Waals surface area contributed by atoms with Crippen molar-refractivity contribution >= 4 is 11.8 Å². The maximum Gasteiger partial charge on any atom is 0.439 e. The molecule has 0 amide bonds. The van der Waals surface area contributed by atoms with Crippen molar-refractivity contribution in [3.05, 3.63) is 70.0 Å². The molecular formula is C22H20F2N8O4. The SMILES string of the molecule is O=c1[nH]c(-c2cccn(-c3ccc(N[C@H]4CC[C@H](Nc5ncc(OC(F)F)cn5)C4)nc3)c2=O)no1. The first-order chi connectivity index (χ1) is 17.4. The number of hydrogen-bond donors (Lipinski definition) is 3. The topological polar surface area (TPSA) is 153 Å². The largest absolute Gasteiger partial charge is 0.439 e. The lowest BCUT2D eigenvalue weighted by Crippen LogP contribution is -2.22. The summed E-state index contributed by atoms with van der Waals surface area (Å²) in [5, 5.41) is 10.1. The van der Waals surface area contributed by atoms with Crippen LogP contribution in [0.1, 0.15) is 19.3 Å². The Labute approximate surface area is 201 Å². The normalized spacial score (nSPS) is 17.3. The van der Waals surface area contributed by atoms with Crippen LogP contribution in [-0.4, -0.2) is 48.4 Å². The van der Waals surface area contributed by atoms with Crippen molar-refractivity contribution in [2.45, 2.75) is 38.0 Å². The highest BCUT2D eigenvalue weighted by Crippen LogP contribution is 2.25. The number of aromatic amines is 1. The van der Waals surface area contributed by atoms with Gasteiger partial charge in [0, 0.05) is 18.3 Å². The van der Waals surface area contributed by atoms with Crippen LogP contribution in [0.25, 0.3) is 17.1 Å². The molecule has 5 rings (SSSR count). The maximum atomic E-state index is 12.9. The van der Waals surface area contributed by atoms with Gasteiger partial charge in [0.1, 0.15) is 5.82 Å². The predicted octanol–water partition coefficient (Wildman–Crippen LogP) is 2.41. The minimum Gasteiger partial charge on any atom is -0.432 e. The summed E-state index contributed by atoms with van der Waals surface area (Å²) < 4.78 is 34.6. The Morgan fingerprint density at radius 1 is 1.06 bits per heavy atom. The molecule has 186 valence electrons. The quantitative estimate of drug-likeness (QED) is 0.330. The number of aromatic nitrogens is 6. The van der Waals surface area contributed by atoms with E-state index in [9.17, 15) is 18.4 Å². The van der Waals surface area contributed by atoms with E-state index in [2.05, 4.69) is 45.0 Å². The number of alkyl halides is 2. The molecule has 1 aliphatic carbocycles. The van der Waals surface area contributed by atoms with Crippen LogP contribution in [0.3, 0.4) is 0 Å². The zero-order valence-corrected chi connectivity index (χ0v) is 18.6. The first-order valence-corrected chi connectivity index (χ1v) is 11.0. The molecule has 0 aliphatic heterocycles. The highest BCUT2D eigenvalue weighted by Gasteiger charge is 2.25. The van der Waals surface area contributed by atoms with Crippen LogP contribution in [0, 0.1) is 0 Å². The lowest BCUT2D eigenvalue weighted by Gasteiger charge is -2.15. The molecule has 4 aromatic heterocycles. The third kappa shape index (κ3) is 5.21. The van der Waals surface area contributed by atoms with E-state index >= 15 is 0 Å². The zero-order valence-electron chi connectivity index (χ0n) is 18.6. The Morgan fingerprint density at radius 2 is 1.83 bits per heavy atom. The summed E-state index contributed by atoms with van der Waals surface area (Å²) in [5.74, 6) is 0.202. The van der Waals surface area contributed by atoms with Gasteiger partial charge in [-0.25, -0.2) is 19.7 Å². The van der Waals surface area contributed by atoms with E-state index in [0.29, 0.717) is 17.5 Å². The Morgan fingerprint density at radius 3 is 2.50 bits per heavy atom. The van der Waals surface area contributed by atoms with Crippen molar-refractivity contribution in [3.63, 3.8) is 0 Å². The molecule has 36 heavy (non-hydrogen) atoms. The summed E-state index contributed by atoms with van der Waals surface area (Å²) in [5.41, 5.74) is 0.348. The molecule has 2 atom stereocenters. The van der Waals surface area contributed by atoms with Gasteiger partial charge >= 0.3 is 12.4 Å². The smallest absolute Gasteiger partial charge is 0.432 e. The second-order valence-corrected chi connectivity index (χ2v) is 8.06. The van der Waals surface area contributed by atoms with E-state index in [0.717, 1.165) is 19.3 Å². The molecule has 14 heteroatoms. The number of H-pyrrole nitrogens is 1. The molecule has 12 nitrogen and oxygen atoms in total. The molecule has 3 N–H and O–H groups in total. The number of anilines is 2. The highest BCUT2D eigenvalue weighted by molar-refractivity contribution is 5.53. The van der Waals surface area contributed by atoms with Crippen molar-refractivity contribution in [2.24, 2.45) is 0 Å². The summed E-state index contributed by atoms with van der Waals surface area (Å²) in [6, 6.07) is 6.98. The third-order valence-electron chi connectivity index (χ3n) is 5.64. The zero-order chi connectivity index (χ0) is 25.1. The van der Waals surface area contributed by atoms with Gasteiger partial charge in [0.05, 0.1) is 29.8 Å². The van der Waals surface area contributed by atoms with E-state index in [1.165, 1.54) is 23.0 Å². The Kier molecular flexibility index (Phi) is 6.38. The van der Waals surface area contributed by atoms with Gasteiger partial charge < -0.3 is 15.4 Å². The summed E-state index contributed by atoms with van der Waals surface area (Å²) in [6.45, 7) is -2.92. The van der Waals surface area contributed by atoms with Crippen molar-refractivity contribution in [2.75, 3.05) is 10.6 Å². The average molecular weight is 498 g/mol. The Bertz CT molecular complexity index is 1440. The van der Waals surface area contributed by atoms with Gasteiger partial charge in [-0.05, 0) is 43.5 Å². The fourth-order valence-corrected chi connectivity index (χ4v) is 4.03. The molecule has 0 unspecified atom stereocenters. The molecule has 0 spiro atoms. The number of halogens is 2. The minimum atomic E-state index is -2.92. The lowest BCUT2D eigenvalue weighted by atomic mass is 10.2. The van der Waals surface area contributed by atoms with Crippen LogP contribution in [0.15, 0.2) is 63.2 Å². The summed E-state index contributed by atoms with van der Waals surface area (Å²) in [7, 11) is 0. The molecule has 4 heterocycles. The fourth-order valence-electron chi connectivity index (χ4n) is 4.03. The minimum absolute atomic E-state index is 0.0535. The summed E-state index contributed by atoms with van der Waals surface area (Å²) >= 11 is 0. The molecule has 0 bridgehead atoms. The Balaban J connectivity index is 1.20. The van der Waals surface area contributed by atoms with Gasteiger partial charge in [0.2, 0.25) is 5.95 Å². The highest BCUT2D eigenvalue weighted by atomic mass is 19.3. The molecular weight excluding hydrogens is 478 g/mol. The number of nitrogens with one attached hydrogen (secondary N) is 3. The van der Waals surface area contributed by atoms with E-state index in [1.807, 2.05) is 0 Å². The van der Waals surface area contributed by atoms with Crippen LogP contribution in [0.5, 0.6) is 5.75 Å². The number of nitrogens with zero attached hydrogens (tertiary/aromatic N) is 5. The van der Waals surface area contributed by atoms with Gasteiger partial charge in [-0.15, -0.1) is 0 Å². The van der Waals surface area contributed by atoms with Crippen molar-refractivity contribution in [1.82, 2.24) is 29.7 Å². The first-order valence-electron chi connectivity index (χ1n) is 11.0. The van der Waals surface area contributed by atoms with E-state index in [-0.39, 0.29) is 34.8 Å². The van der Waals surface area contributed by atoms with Crippen LogP contribution >= 0.6 is 0 Å². The maximum absolute atomic E-state index is 12.9. The monoisotopic (exact) mass is 498 g/mol. The average Bonchev–Trinajstić information content (AvgIpc) is 3.49. The second-order valence-electron chi connectivity index (χ2n) is 8.06. The summed E-state index contributed by atoms with van der Waals surface area (Å²) in [6.07, 6.45) is 8.08. The van der Waals surface area contributed by atoms with Gasteiger partial charge in [0.25, 0.3) is 5.56 Å². The number of pyridine rings is 2. The van der Waals surface area contributed by atoms with Crippen LogP contribution in [0.4, 0.5) is 20.5 Å². The molecule has 0 aromatic carbocycles. The van der Waals surface area contributed by atoms with E-state index < -0.39 is 12.4 Å². The number of hydrogen-bond acceptors (Lipinski definition) is 10. The lowest BCUT2D eigenvalue weighted by molar-refractivity contribution is -0.0503. The van der Waals surface area contributed by atoms with Crippen LogP contribution in [0.2, 0.25) is 0 Å². The summed E-state index contributed by atoms with van der Waals surface area (Å²) in [4.78, 5) is 38.9. The van der Waals surface area contributed by atoms with Gasteiger partial charge in [-0.2, -0.15) is 8.78 Å². The van der Waals surface area contributed by atoms with Crippen molar-refractivity contribution in [3.8, 4) is 22.8 Å². The van der Waals surface area contributed by atoms with Crippen molar-refractivity contribution in [1.29, 1.82) is 0 Å². The molecule has 0 radical (unpaired) electrons. The fraction of sp³-hybridized carbons (Fsp3) is 0.273. The van der Waals surface area contributed by atoms with Crippen LogP contribution in [-0.2, 0) is 0 Å². The molecule has 4 aromatic rings. The van der Waals surface area contributed by atoms with Gasteiger partial charge in [-0.1, -0.05) is 5.16 Å². The van der Waals surface area contributed by atoms with Gasteiger partial charge in [0.15, 0.2) is 11.6 Å². The Hall–Kier alpha value is -4.62. The molecule has 1 saturated carbocycles. The standard InChI is InChI=1S/C22H20F2N8O4/c23-20(24)35-15-10-26-21(27-11-15)29-13-4-3-12(8-13)28-17-6-5-14(9-25-17)32-7-1-2-16(19(32)33)18-30-22(34)36-31-18/h1-2,5-7,9-13,20H,3-4,8H2,(H,25,28)(H,26,27,29)(H,30,31,34)/t12-,13-/m0/s1. The van der Waals surface area contributed by atoms with Crippen LogP contribution < -0.4 is 26.7 Å². The molecule has 1 aliphatic rings. The van der Waals surface area contributed by atoms with Crippen molar-refractivity contribution < 1.29 is 18.0 Å².